The Morgan fingerprint density at radius 1 is 0.600 bits per heavy atom. The van der Waals surface area contributed by atoms with Gasteiger partial charge in [0, 0.05) is 11.1 Å². The van der Waals surface area contributed by atoms with Gasteiger partial charge in [0.2, 0.25) is 0 Å². The smallest absolute Gasteiger partial charge is 0.351 e. The zero-order valence-electron chi connectivity index (χ0n) is 13.5. The van der Waals surface area contributed by atoms with Crippen LogP contribution in [0.3, 0.4) is 0 Å². The minimum atomic E-state index is 0.497. The van der Waals surface area contributed by atoms with Gasteiger partial charge in [0.25, 0.3) is 0 Å². The van der Waals surface area contributed by atoms with Gasteiger partial charge in [-0.25, -0.2) is 4.99 Å². The predicted octanol–water partition coefficient (Wildman–Crippen LogP) is 4.73. The summed E-state index contributed by atoms with van der Waals surface area (Å²) in [5, 5.41) is 0. The van der Waals surface area contributed by atoms with E-state index in [4.69, 9.17) is 4.99 Å². The number of nitrogens with zero attached hydrogens (tertiary/aromatic N) is 3. The Balaban J connectivity index is 1.96. The molecule has 0 amide bonds. The van der Waals surface area contributed by atoms with Gasteiger partial charge in [-0.3, -0.25) is 0 Å². The Bertz CT molecular complexity index is 1010. The van der Waals surface area contributed by atoms with Crippen LogP contribution in [0.25, 0.3) is 16.8 Å². The van der Waals surface area contributed by atoms with E-state index in [1.807, 2.05) is 91.0 Å². The highest BCUT2D eigenvalue weighted by Gasteiger charge is 2.35. The second-order valence-electron chi connectivity index (χ2n) is 5.73. The highest BCUT2D eigenvalue weighted by Crippen LogP contribution is 2.34. The van der Waals surface area contributed by atoms with Gasteiger partial charge < -0.3 is 5.53 Å². The lowest BCUT2D eigenvalue weighted by molar-refractivity contribution is 0.00120. The molecule has 0 aromatic heterocycles. The van der Waals surface area contributed by atoms with E-state index in [-0.39, 0.29) is 0 Å². The Morgan fingerprint density at radius 2 is 1.08 bits per heavy atom. The Labute approximate surface area is 146 Å². The standard InChI is InChI=1S/C22H15N3/c23-25-22-19(16-10-4-1-5-11-16)20(17-12-6-2-7-13-17)24-21(22)18-14-8-3-9-15-18/h1-15H. The van der Waals surface area contributed by atoms with Crippen LogP contribution in [-0.4, -0.2) is 16.2 Å². The van der Waals surface area contributed by atoms with Gasteiger partial charge in [-0.2, -0.15) is 4.79 Å². The first kappa shape index (κ1) is 15.0. The third-order valence-corrected chi connectivity index (χ3v) is 4.18. The molecule has 1 aliphatic heterocycles. The molecule has 0 fully saturated rings. The first-order valence-electron chi connectivity index (χ1n) is 8.10. The average Bonchev–Trinajstić information content (AvgIpc) is 3.09. The van der Waals surface area contributed by atoms with Crippen molar-refractivity contribution in [3.05, 3.63) is 113 Å². The molecule has 118 valence electrons. The van der Waals surface area contributed by atoms with E-state index in [1.165, 1.54) is 0 Å². The molecule has 0 unspecified atom stereocenters. The summed E-state index contributed by atoms with van der Waals surface area (Å²) in [7, 11) is 0. The summed E-state index contributed by atoms with van der Waals surface area (Å²) < 4.78 is 0. The van der Waals surface area contributed by atoms with Crippen molar-refractivity contribution in [1.29, 1.82) is 0 Å². The molecule has 1 heterocycles. The summed E-state index contributed by atoms with van der Waals surface area (Å²) in [6.07, 6.45) is 0. The van der Waals surface area contributed by atoms with Gasteiger partial charge in [-0.05, 0) is 5.56 Å². The third kappa shape index (κ3) is 2.74. The monoisotopic (exact) mass is 321 g/mol. The maximum Gasteiger partial charge on any atom is 0.351 e. The molecular formula is C22H15N3. The van der Waals surface area contributed by atoms with Crippen molar-refractivity contribution in [2.24, 2.45) is 4.99 Å². The van der Waals surface area contributed by atoms with E-state index in [9.17, 15) is 5.53 Å². The number of hydrogen-bond donors (Lipinski definition) is 0. The van der Waals surface area contributed by atoms with E-state index in [0.29, 0.717) is 11.4 Å². The molecule has 3 nitrogen and oxygen atoms in total. The van der Waals surface area contributed by atoms with Crippen LogP contribution in [0.1, 0.15) is 16.7 Å². The van der Waals surface area contributed by atoms with Crippen molar-refractivity contribution in [3.63, 3.8) is 0 Å². The zero-order valence-corrected chi connectivity index (χ0v) is 13.5. The highest BCUT2D eigenvalue weighted by molar-refractivity contribution is 6.65. The topological polar surface area (TPSA) is 48.8 Å². The quantitative estimate of drug-likeness (QED) is 0.495. The van der Waals surface area contributed by atoms with Crippen LogP contribution in [0.5, 0.6) is 0 Å². The Hall–Kier alpha value is -3.55. The normalized spacial score (nSPS) is 13.6. The Kier molecular flexibility index (Phi) is 3.91. The molecule has 0 saturated carbocycles. The van der Waals surface area contributed by atoms with E-state index < -0.39 is 0 Å². The maximum atomic E-state index is 9.77. The molecule has 0 bridgehead atoms. The molecule has 0 atom stereocenters. The lowest BCUT2D eigenvalue weighted by atomic mass is 9.94. The molecule has 0 spiro atoms. The summed E-state index contributed by atoms with van der Waals surface area (Å²) in [4.78, 5) is 8.45. The number of rotatable bonds is 3. The van der Waals surface area contributed by atoms with Crippen LogP contribution in [0.4, 0.5) is 0 Å². The minimum absolute atomic E-state index is 0.497. The first-order chi connectivity index (χ1) is 12.4. The molecular weight excluding hydrogens is 306 g/mol. The molecule has 3 aromatic rings. The van der Waals surface area contributed by atoms with Gasteiger partial charge in [0.1, 0.15) is 0 Å². The zero-order chi connectivity index (χ0) is 17.1. The van der Waals surface area contributed by atoms with Crippen LogP contribution < -0.4 is 0 Å². The maximum absolute atomic E-state index is 9.77. The van der Waals surface area contributed by atoms with Gasteiger partial charge in [-0.15, -0.1) is 0 Å². The fourth-order valence-electron chi connectivity index (χ4n) is 3.03. The van der Waals surface area contributed by atoms with Crippen LogP contribution in [0, 0.1) is 0 Å². The number of aliphatic imine (C=N–C) groups is 1. The van der Waals surface area contributed by atoms with E-state index in [0.717, 1.165) is 28.0 Å². The average molecular weight is 321 g/mol. The summed E-state index contributed by atoms with van der Waals surface area (Å²) in [5.41, 5.74) is 15.5. The predicted molar refractivity (Wildman–Crippen MR) is 101 cm³/mol. The van der Waals surface area contributed by atoms with Gasteiger partial charge in [0.15, 0.2) is 5.71 Å². The fraction of sp³-hybridized carbons (Fsp3) is 0. The molecule has 3 heteroatoms. The lowest BCUT2D eigenvalue weighted by Gasteiger charge is -2.03. The Morgan fingerprint density at radius 3 is 1.60 bits per heavy atom. The first-order valence-corrected chi connectivity index (χ1v) is 8.10. The van der Waals surface area contributed by atoms with E-state index in [1.54, 1.807) is 0 Å². The van der Waals surface area contributed by atoms with Gasteiger partial charge >= 0.3 is 5.71 Å². The molecule has 0 radical (unpaired) electrons. The van der Waals surface area contributed by atoms with Crippen molar-refractivity contribution in [2.75, 3.05) is 0 Å². The van der Waals surface area contributed by atoms with Gasteiger partial charge in [0.05, 0.1) is 11.3 Å². The molecule has 0 aliphatic carbocycles. The van der Waals surface area contributed by atoms with Crippen molar-refractivity contribution in [3.8, 4) is 0 Å². The molecule has 25 heavy (non-hydrogen) atoms. The summed E-state index contributed by atoms with van der Waals surface area (Å²) >= 11 is 0. The van der Waals surface area contributed by atoms with Gasteiger partial charge in [-0.1, -0.05) is 91.0 Å². The molecule has 0 N–H and O–H groups in total. The highest BCUT2D eigenvalue weighted by atomic mass is 14.9. The third-order valence-electron chi connectivity index (χ3n) is 4.18. The molecule has 0 saturated heterocycles. The number of hydrogen-bond acceptors (Lipinski definition) is 1. The summed E-state index contributed by atoms with van der Waals surface area (Å²) in [6.45, 7) is 0. The summed E-state index contributed by atoms with van der Waals surface area (Å²) in [6, 6.07) is 29.7. The van der Waals surface area contributed by atoms with Crippen LogP contribution in [0.15, 0.2) is 96.0 Å². The van der Waals surface area contributed by atoms with Crippen molar-refractivity contribution >= 4 is 22.7 Å². The number of benzene rings is 3. The second kappa shape index (κ2) is 6.52. The molecule has 4 rings (SSSR count). The molecule has 1 aliphatic rings. The number of allylic oxidation sites excluding steroid dienone is 1. The minimum Gasteiger partial charge on any atom is -0.361 e. The SMILES string of the molecule is [N-]=[N+]=C1C(c2ccccc2)=NC(c2ccccc2)=C1c1ccccc1. The van der Waals surface area contributed by atoms with Crippen LogP contribution in [0.2, 0.25) is 0 Å². The van der Waals surface area contributed by atoms with E-state index in [2.05, 4.69) is 4.79 Å². The van der Waals surface area contributed by atoms with Crippen molar-refractivity contribution in [2.45, 2.75) is 0 Å². The molecule has 3 aromatic carbocycles. The second-order valence-corrected chi connectivity index (χ2v) is 5.73. The van der Waals surface area contributed by atoms with Crippen molar-refractivity contribution < 1.29 is 4.79 Å². The summed E-state index contributed by atoms with van der Waals surface area (Å²) in [5.74, 6) is 0. The van der Waals surface area contributed by atoms with Crippen LogP contribution >= 0.6 is 0 Å². The van der Waals surface area contributed by atoms with Crippen molar-refractivity contribution in [1.82, 2.24) is 0 Å². The largest absolute Gasteiger partial charge is 0.361 e. The fourth-order valence-corrected chi connectivity index (χ4v) is 3.03. The van der Waals surface area contributed by atoms with E-state index >= 15 is 0 Å². The van der Waals surface area contributed by atoms with Crippen LogP contribution in [-0.2, 0) is 0 Å². The lowest BCUT2D eigenvalue weighted by Crippen LogP contribution is -2.14.